The van der Waals surface area contributed by atoms with Crippen LogP contribution in [0.5, 0.6) is 5.88 Å². The average molecular weight is 565 g/mol. The Morgan fingerprint density at radius 2 is 1.91 bits per heavy atom. The second-order valence-corrected chi connectivity index (χ2v) is 6.91. The molecule has 0 saturated heterocycles. The second kappa shape index (κ2) is 13.1. The van der Waals surface area contributed by atoms with Gasteiger partial charge in [-0.3, -0.25) is 9.79 Å². The Labute approximate surface area is 202 Å². The number of ether oxygens (including phenoxy) is 1. The van der Waals surface area contributed by atoms with Crippen LogP contribution in [-0.4, -0.2) is 62.2 Å². The zero-order valence-electron chi connectivity index (χ0n) is 18.1. The molecule has 0 aliphatic heterocycles. The number of nitrogens with one attached hydrogen (secondary N) is 2. The number of guanidine groups is 1. The van der Waals surface area contributed by atoms with E-state index in [4.69, 9.17) is 0 Å². The van der Waals surface area contributed by atoms with Crippen molar-refractivity contribution in [3.05, 3.63) is 59.3 Å². The first-order valence-electron chi connectivity index (χ1n) is 9.57. The smallest absolute Gasteiger partial charge is 0.422 e. The number of amides is 1. The molecule has 1 aromatic heterocycles. The Kier molecular flexibility index (Phi) is 11.2. The minimum absolute atomic E-state index is 0. The molecule has 2 aromatic rings. The summed E-state index contributed by atoms with van der Waals surface area (Å²) >= 11 is 0. The first-order chi connectivity index (χ1) is 14.7. The average Bonchev–Trinajstić information content (AvgIpc) is 2.74. The Bertz CT molecular complexity index is 890. The fourth-order valence-electron chi connectivity index (χ4n) is 2.61. The molecule has 0 aliphatic rings. The van der Waals surface area contributed by atoms with E-state index in [-0.39, 0.29) is 35.8 Å². The van der Waals surface area contributed by atoms with Crippen LogP contribution in [0.1, 0.15) is 21.5 Å². The molecule has 11 heteroatoms. The van der Waals surface area contributed by atoms with Gasteiger partial charge < -0.3 is 20.3 Å². The summed E-state index contributed by atoms with van der Waals surface area (Å²) in [6.45, 7) is -0.388. The number of benzene rings is 1. The summed E-state index contributed by atoms with van der Waals surface area (Å²) < 4.78 is 41.1. The first-order valence-corrected chi connectivity index (χ1v) is 9.57. The van der Waals surface area contributed by atoms with E-state index in [9.17, 15) is 18.0 Å². The molecular formula is C21H27F3IN5O2. The third-order valence-electron chi connectivity index (χ3n) is 4.15. The van der Waals surface area contributed by atoms with Crippen molar-refractivity contribution in [2.24, 2.45) is 4.99 Å². The van der Waals surface area contributed by atoms with Gasteiger partial charge in [0.25, 0.3) is 5.91 Å². The summed E-state index contributed by atoms with van der Waals surface area (Å²) in [5, 5.41) is 6.29. The van der Waals surface area contributed by atoms with Crippen LogP contribution >= 0.6 is 24.0 Å². The molecule has 0 saturated carbocycles. The summed E-state index contributed by atoms with van der Waals surface area (Å²) in [6.07, 6.45) is -2.26. The van der Waals surface area contributed by atoms with Gasteiger partial charge in [0.1, 0.15) is 0 Å². The van der Waals surface area contributed by atoms with Gasteiger partial charge in [-0.05, 0) is 29.7 Å². The van der Waals surface area contributed by atoms with E-state index in [1.54, 1.807) is 33.3 Å². The van der Waals surface area contributed by atoms with Gasteiger partial charge in [-0.25, -0.2) is 4.98 Å². The number of rotatable bonds is 8. The van der Waals surface area contributed by atoms with Gasteiger partial charge >= 0.3 is 6.18 Å². The molecule has 1 aromatic carbocycles. The van der Waals surface area contributed by atoms with Crippen LogP contribution in [0.4, 0.5) is 13.2 Å². The number of hydrogen-bond acceptors (Lipinski definition) is 4. The topological polar surface area (TPSA) is 78.9 Å². The first kappa shape index (κ1) is 27.5. The number of aliphatic imine (C=N–C) groups is 1. The molecule has 32 heavy (non-hydrogen) atoms. The Morgan fingerprint density at radius 1 is 1.16 bits per heavy atom. The van der Waals surface area contributed by atoms with Gasteiger partial charge in [0.05, 0.1) is 0 Å². The van der Waals surface area contributed by atoms with Crippen LogP contribution in [0.3, 0.4) is 0 Å². The standard InChI is InChI=1S/C21H26F3N5O2.HI/c1-25-20(26-10-9-15-5-4-6-17(11-15)19(30)29(2)3)28-13-16-7-8-18(27-12-16)31-14-21(22,23)24;/h4-8,11-12H,9-10,13-14H2,1-3H3,(H2,25,26,28);1H. The van der Waals surface area contributed by atoms with Crippen LogP contribution in [0.15, 0.2) is 47.6 Å². The highest BCUT2D eigenvalue weighted by Gasteiger charge is 2.28. The number of nitrogens with zero attached hydrogens (tertiary/aromatic N) is 3. The van der Waals surface area contributed by atoms with E-state index in [0.717, 1.165) is 11.1 Å². The number of halogens is 4. The molecule has 0 aliphatic carbocycles. The molecule has 2 rings (SSSR count). The van der Waals surface area contributed by atoms with Crippen molar-refractivity contribution in [1.82, 2.24) is 20.5 Å². The SMILES string of the molecule is CN=C(NCCc1cccc(C(=O)N(C)C)c1)NCc1ccc(OCC(F)(F)F)nc1.I. The Hall–Kier alpha value is -2.57. The van der Waals surface area contributed by atoms with Crippen molar-refractivity contribution in [1.29, 1.82) is 0 Å². The fourth-order valence-corrected chi connectivity index (χ4v) is 2.61. The van der Waals surface area contributed by atoms with Gasteiger partial charge in [0.2, 0.25) is 5.88 Å². The van der Waals surface area contributed by atoms with Crippen molar-refractivity contribution in [3.8, 4) is 5.88 Å². The highest BCUT2D eigenvalue weighted by molar-refractivity contribution is 14.0. The predicted molar refractivity (Wildman–Crippen MR) is 128 cm³/mol. The third-order valence-corrected chi connectivity index (χ3v) is 4.15. The fraction of sp³-hybridized carbons (Fsp3) is 0.381. The Balaban J connectivity index is 0.00000512. The van der Waals surface area contributed by atoms with Crippen molar-refractivity contribution >= 4 is 35.8 Å². The number of carbonyl (C=O) groups is 1. The second-order valence-electron chi connectivity index (χ2n) is 6.91. The molecule has 7 nitrogen and oxygen atoms in total. The molecular weight excluding hydrogens is 538 g/mol. The number of aromatic nitrogens is 1. The van der Waals surface area contributed by atoms with E-state index < -0.39 is 12.8 Å². The third kappa shape index (κ3) is 9.71. The van der Waals surface area contributed by atoms with Crippen LogP contribution < -0.4 is 15.4 Å². The lowest BCUT2D eigenvalue weighted by Gasteiger charge is -2.13. The summed E-state index contributed by atoms with van der Waals surface area (Å²) in [5.41, 5.74) is 2.42. The van der Waals surface area contributed by atoms with E-state index in [1.165, 1.54) is 17.2 Å². The van der Waals surface area contributed by atoms with Gasteiger partial charge in [-0.2, -0.15) is 13.2 Å². The zero-order valence-corrected chi connectivity index (χ0v) is 20.4. The maximum Gasteiger partial charge on any atom is 0.422 e. The van der Waals surface area contributed by atoms with Crippen molar-refractivity contribution in [3.63, 3.8) is 0 Å². The van der Waals surface area contributed by atoms with Crippen LogP contribution in [0.25, 0.3) is 0 Å². The highest BCUT2D eigenvalue weighted by Crippen LogP contribution is 2.17. The maximum absolute atomic E-state index is 12.2. The molecule has 0 atom stereocenters. The number of pyridine rings is 1. The number of carbonyl (C=O) groups excluding carboxylic acids is 1. The zero-order chi connectivity index (χ0) is 22.9. The van der Waals surface area contributed by atoms with Gasteiger partial charge in [-0.1, -0.05) is 18.2 Å². The van der Waals surface area contributed by atoms with Crippen LogP contribution in [0, 0.1) is 0 Å². The molecule has 0 radical (unpaired) electrons. The predicted octanol–water partition coefficient (Wildman–Crippen LogP) is 3.25. The monoisotopic (exact) mass is 565 g/mol. The molecule has 1 amide bonds. The molecule has 0 unspecified atom stereocenters. The number of hydrogen-bond donors (Lipinski definition) is 2. The lowest BCUT2D eigenvalue weighted by atomic mass is 10.1. The van der Waals surface area contributed by atoms with E-state index >= 15 is 0 Å². The lowest BCUT2D eigenvalue weighted by Crippen LogP contribution is -2.37. The summed E-state index contributed by atoms with van der Waals surface area (Å²) in [5.74, 6) is 0.437. The van der Waals surface area contributed by atoms with Crippen LogP contribution in [-0.2, 0) is 13.0 Å². The van der Waals surface area contributed by atoms with Crippen LogP contribution in [0.2, 0.25) is 0 Å². The van der Waals surface area contributed by atoms with E-state index in [1.807, 2.05) is 18.2 Å². The molecule has 0 spiro atoms. The molecule has 2 N–H and O–H groups in total. The van der Waals surface area contributed by atoms with Gasteiger partial charge in [0, 0.05) is 52.1 Å². The summed E-state index contributed by atoms with van der Waals surface area (Å²) in [6, 6.07) is 10.5. The largest absolute Gasteiger partial charge is 0.468 e. The van der Waals surface area contributed by atoms with E-state index in [2.05, 4.69) is 25.3 Å². The molecule has 0 bridgehead atoms. The van der Waals surface area contributed by atoms with Crippen molar-refractivity contribution in [2.45, 2.75) is 19.1 Å². The van der Waals surface area contributed by atoms with Crippen molar-refractivity contribution < 1.29 is 22.7 Å². The highest BCUT2D eigenvalue weighted by atomic mass is 127. The normalized spacial score (nSPS) is 11.4. The lowest BCUT2D eigenvalue weighted by molar-refractivity contribution is -0.154. The summed E-state index contributed by atoms with van der Waals surface area (Å²) in [4.78, 5) is 21.6. The molecule has 1 heterocycles. The van der Waals surface area contributed by atoms with Crippen molar-refractivity contribution in [2.75, 3.05) is 34.3 Å². The Morgan fingerprint density at radius 3 is 2.50 bits per heavy atom. The van der Waals surface area contributed by atoms with Gasteiger partial charge in [-0.15, -0.1) is 24.0 Å². The summed E-state index contributed by atoms with van der Waals surface area (Å²) in [7, 11) is 5.06. The molecule has 176 valence electrons. The minimum Gasteiger partial charge on any atom is -0.468 e. The van der Waals surface area contributed by atoms with Gasteiger partial charge in [0.15, 0.2) is 12.6 Å². The number of alkyl halides is 3. The van der Waals surface area contributed by atoms with E-state index in [0.29, 0.717) is 31.0 Å². The molecule has 0 fully saturated rings. The minimum atomic E-state index is -4.40. The maximum atomic E-state index is 12.2. The quantitative estimate of drug-likeness (QED) is 0.292.